The minimum atomic E-state index is 0.689. The summed E-state index contributed by atoms with van der Waals surface area (Å²) in [5, 5.41) is 3.31. The zero-order valence-electron chi connectivity index (χ0n) is 9.15. The van der Waals surface area contributed by atoms with Gasteiger partial charge in [-0.2, -0.15) is 0 Å². The number of hydrogen-bond acceptors (Lipinski definition) is 2. The van der Waals surface area contributed by atoms with Gasteiger partial charge in [-0.25, -0.2) is 0 Å². The van der Waals surface area contributed by atoms with Crippen LogP contribution in [0.3, 0.4) is 0 Å². The maximum absolute atomic E-state index is 5.56. The molecule has 0 aliphatic rings. The highest BCUT2D eigenvalue weighted by atomic mass is 16.5. The molecule has 0 aliphatic carbocycles. The van der Waals surface area contributed by atoms with Crippen LogP contribution in [0, 0.1) is 0 Å². The van der Waals surface area contributed by atoms with Crippen molar-refractivity contribution in [1.82, 2.24) is 10.3 Å². The van der Waals surface area contributed by atoms with Crippen LogP contribution >= 0.6 is 0 Å². The predicted octanol–water partition coefficient (Wildman–Crippen LogP) is 2.18. The lowest BCUT2D eigenvalue weighted by Crippen LogP contribution is -2.20. The summed E-state index contributed by atoms with van der Waals surface area (Å²) in [6.07, 6.45) is 3.92. The summed E-state index contributed by atoms with van der Waals surface area (Å²) in [6.45, 7) is 2.41. The summed E-state index contributed by atoms with van der Waals surface area (Å²) < 4.78 is 5.56. The van der Waals surface area contributed by atoms with E-state index in [0.29, 0.717) is 6.61 Å². The molecule has 1 aromatic carbocycles. The lowest BCUT2D eigenvalue weighted by atomic mass is 10.3. The summed E-state index contributed by atoms with van der Waals surface area (Å²) >= 11 is 0. The molecule has 3 nitrogen and oxygen atoms in total. The Kier molecular flexibility index (Phi) is 4.02. The van der Waals surface area contributed by atoms with Gasteiger partial charge in [-0.05, 0) is 23.8 Å². The molecule has 1 heterocycles. The summed E-state index contributed by atoms with van der Waals surface area (Å²) in [5.41, 5.74) is 1.26. The van der Waals surface area contributed by atoms with Gasteiger partial charge >= 0.3 is 0 Å². The number of rotatable bonds is 6. The molecule has 0 unspecified atom stereocenters. The fraction of sp³-hybridized carbons (Fsp3) is 0.231. The van der Waals surface area contributed by atoms with Crippen molar-refractivity contribution in [3.63, 3.8) is 0 Å². The molecule has 0 spiro atoms. The smallest absolute Gasteiger partial charge is 0.119 e. The molecule has 0 aliphatic heterocycles. The zero-order chi connectivity index (χ0) is 11.1. The first-order chi connectivity index (χ1) is 7.95. The van der Waals surface area contributed by atoms with E-state index in [1.54, 1.807) is 0 Å². The first-order valence-electron chi connectivity index (χ1n) is 5.45. The Balaban J connectivity index is 1.59. The Morgan fingerprint density at radius 2 is 2.00 bits per heavy atom. The number of H-pyrrole nitrogens is 1. The summed E-state index contributed by atoms with van der Waals surface area (Å²) in [6, 6.07) is 11.9. The Morgan fingerprint density at radius 3 is 2.75 bits per heavy atom. The summed E-state index contributed by atoms with van der Waals surface area (Å²) in [5.74, 6) is 0.922. The normalized spacial score (nSPS) is 10.2. The van der Waals surface area contributed by atoms with E-state index < -0.39 is 0 Å². The maximum Gasteiger partial charge on any atom is 0.119 e. The van der Waals surface area contributed by atoms with Gasteiger partial charge in [0.15, 0.2) is 0 Å². The van der Waals surface area contributed by atoms with E-state index in [1.807, 2.05) is 42.7 Å². The molecular formula is C13H16N2O. The van der Waals surface area contributed by atoms with Crippen molar-refractivity contribution in [1.29, 1.82) is 0 Å². The molecule has 3 heteroatoms. The monoisotopic (exact) mass is 216 g/mol. The lowest BCUT2D eigenvalue weighted by Gasteiger charge is -2.06. The van der Waals surface area contributed by atoms with Crippen LogP contribution in [-0.2, 0) is 6.54 Å². The minimum Gasteiger partial charge on any atom is -0.492 e. The molecule has 0 saturated heterocycles. The Labute approximate surface area is 95.5 Å². The van der Waals surface area contributed by atoms with Gasteiger partial charge < -0.3 is 15.0 Å². The zero-order valence-corrected chi connectivity index (χ0v) is 9.15. The van der Waals surface area contributed by atoms with E-state index in [0.717, 1.165) is 18.8 Å². The van der Waals surface area contributed by atoms with Gasteiger partial charge in [-0.15, -0.1) is 0 Å². The van der Waals surface area contributed by atoms with E-state index in [4.69, 9.17) is 4.74 Å². The van der Waals surface area contributed by atoms with E-state index in [9.17, 15) is 0 Å². The first-order valence-corrected chi connectivity index (χ1v) is 5.45. The Hall–Kier alpha value is -1.74. The number of benzene rings is 1. The molecule has 16 heavy (non-hydrogen) atoms. The van der Waals surface area contributed by atoms with Crippen molar-refractivity contribution in [3.8, 4) is 5.75 Å². The standard InChI is InChI=1S/C13H16N2O/c1-2-4-13(5-3-1)16-9-8-15-11-12-6-7-14-10-12/h1-7,10,14-15H,8-9,11H2. The van der Waals surface area contributed by atoms with Crippen LogP contribution in [0.5, 0.6) is 5.75 Å². The highest BCUT2D eigenvalue weighted by Gasteiger charge is 1.93. The molecule has 0 bridgehead atoms. The van der Waals surface area contributed by atoms with Crippen molar-refractivity contribution < 1.29 is 4.74 Å². The van der Waals surface area contributed by atoms with Gasteiger partial charge in [-0.1, -0.05) is 18.2 Å². The second-order valence-electron chi connectivity index (χ2n) is 3.56. The summed E-state index contributed by atoms with van der Waals surface area (Å²) in [4.78, 5) is 3.03. The van der Waals surface area contributed by atoms with Gasteiger partial charge in [0.2, 0.25) is 0 Å². The highest BCUT2D eigenvalue weighted by molar-refractivity contribution is 5.20. The van der Waals surface area contributed by atoms with Gasteiger partial charge in [0.05, 0.1) is 0 Å². The van der Waals surface area contributed by atoms with Crippen LogP contribution < -0.4 is 10.1 Å². The van der Waals surface area contributed by atoms with Gasteiger partial charge in [-0.3, -0.25) is 0 Å². The fourth-order valence-corrected chi connectivity index (χ4v) is 1.46. The van der Waals surface area contributed by atoms with Crippen LogP contribution in [0.15, 0.2) is 48.8 Å². The maximum atomic E-state index is 5.56. The molecule has 0 radical (unpaired) electrons. The molecule has 84 valence electrons. The van der Waals surface area contributed by atoms with Crippen molar-refractivity contribution in [2.45, 2.75) is 6.54 Å². The number of para-hydroxylation sites is 1. The predicted molar refractivity (Wildman–Crippen MR) is 64.4 cm³/mol. The third kappa shape index (κ3) is 3.44. The first kappa shape index (κ1) is 10.8. The average molecular weight is 216 g/mol. The number of ether oxygens (including phenoxy) is 1. The quantitative estimate of drug-likeness (QED) is 0.726. The SMILES string of the molecule is c1ccc(OCCNCc2cc[nH]c2)cc1. The second kappa shape index (κ2) is 5.98. The van der Waals surface area contributed by atoms with Gasteiger partial charge in [0, 0.05) is 25.5 Å². The minimum absolute atomic E-state index is 0.689. The van der Waals surface area contributed by atoms with Crippen LogP contribution in [0.25, 0.3) is 0 Å². The van der Waals surface area contributed by atoms with E-state index in [2.05, 4.69) is 16.4 Å². The van der Waals surface area contributed by atoms with Crippen LogP contribution in [0.4, 0.5) is 0 Å². The second-order valence-corrected chi connectivity index (χ2v) is 3.56. The molecular weight excluding hydrogens is 200 g/mol. The molecule has 2 rings (SSSR count). The van der Waals surface area contributed by atoms with Crippen LogP contribution in [-0.4, -0.2) is 18.1 Å². The van der Waals surface area contributed by atoms with Gasteiger partial charge in [0.1, 0.15) is 12.4 Å². The van der Waals surface area contributed by atoms with E-state index in [-0.39, 0.29) is 0 Å². The molecule has 0 fully saturated rings. The van der Waals surface area contributed by atoms with Crippen molar-refractivity contribution in [3.05, 3.63) is 54.4 Å². The van der Waals surface area contributed by atoms with Crippen molar-refractivity contribution in [2.24, 2.45) is 0 Å². The Bertz CT molecular complexity index is 384. The Morgan fingerprint density at radius 1 is 1.12 bits per heavy atom. The third-order valence-corrected chi connectivity index (χ3v) is 2.28. The summed E-state index contributed by atoms with van der Waals surface area (Å²) in [7, 11) is 0. The largest absolute Gasteiger partial charge is 0.492 e. The fourth-order valence-electron chi connectivity index (χ4n) is 1.46. The van der Waals surface area contributed by atoms with E-state index >= 15 is 0 Å². The van der Waals surface area contributed by atoms with Crippen LogP contribution in [0.1, 0.15) is 5.56 Å². The molecule has 1 aromatic heterocycles. The number of aromatic amines is 1. The third-order valence-electron chi connectivity index (χ3n) is 2.28. The van der Waals surface area contributed by atoms with Gasteiger partial charge in [0.25, 0.3) is 0 Å². The average Bonchev–Trinajstić information content (AvgIpc) is 2.83. The molecule has 2 aromatic rings. The number of hydrogen-bond donors (Lipinski definition) is 2. The van der Waals surface area contributed by atoms with Crippen LogP contribution in [0.2, 0.25) is 0 Å². The lowest BCUT2D eigenvalue weighted by molar-refractivity contribution is 0.313. The number of aromatic nitrogens is 1. The molecule has 2 N–H and O–H groups in total. The molecule has 0 saturated carbocycles. The van der Waals surface area contributed by atoms with E-state index in [1.165, 1.54) is 5.56 Å². The van der Waals surface area contributed by atoms with Crippen molar-refractivity contribution >= 4 is 0 Å². The van der Waals surface area contributed by atoms with Crippen molar-refractivity contribution in [2.75, 3.05) is 13.2 Å². The highest BCUT2D eigenvalue weighted by Crippen LogP contribution is 2.07. The molecule has 0 atom stereocenters. The topological polar surface area (TPSA) is 37.0 Å². The molecule has 0 amide bonds. The number of nitrogens with one attached hydrogen (secondary N) is 2.